The highest BCUT2D eigenvalue weighted by Gasteiger charge is 2.21. The van der Waals surface area contributed by atoms with Gasteiger partial charge in [-0.05, 0) is 17.7 Å². The van der Waals surface area contributed by atoms with E-state index in [-0.39, 0.29) is 11.3 Å². The molecule has 128 valence electrons. The number of nitrogens with zero attached hydrogens (tertiary/aromatic N) is 4. The van der Waals surface area contributed by atoms with Gasteiger partial charge in [0.15, 0.2) is 5.69 Å². The number of aromatic nitrogens is 4. The van der Waals surface area contributed by atoms with Crippen molar-refractivity contribution in [3.63, 3.8) is 0 Å². The summed E-state index contributed by atoms with van der Waals surface area (Å²) >= 11 is 5.82. The molecular weight excluding hydrogens is 346 g/mol. The van der Waals surface area contributed by atoms with Crippen LogP contribution in [0.4, 0.5) is 5.69 Å². The van der Waals surface area contributed by atoms with Gasteiger partial charge < -0.3 is 10.4 Å². The summed E-state index contributed by atoms with van der Waals surface area (Å²) in [6, 6.07) is 7.12. The van der Waals surface area contributed by atoms with Crippen LogP contribution in [0, 0.1) is 0 Å². The quantitative estimate of drug-likeness (QED) is 0.727. The molecule has 9 heteroatoms. The zero-order chi connectivity index (χ0) is 18.0. The number of halogens is 1. The number of anilines is 1. The van der Waals surface area contributed by atoms with E-state index in [4.69, 9.17) is 16.7 Å². The number of aromatic carboxylic acids is 1. The second-order valence-electron chi connectivity index (χ2n) is 5.38. The van der Waals surface area contributed by atoms with Crippen LogP contribution < -0.4 is 5.32 Å². The molecule has 2 N–H and O–H groups in total. The molecule has 0 bridgehead atoms. The Balaban J connectivity index is 1.71. The fourth-order valence-corrected chi connectivity index (χ4v) is 2.46. The summed E-state index contributed by atoms with van der Waals surface area (Å²) < 4.78 is 2.99. The first-order chi connectivity index (χ1) is 11.9. The minimum atomic E-state index is -1.20. The molecule has 0 fully saturated rings. The van der Waals surface area contributed by atoms with E-state index in [2.05, 4.69) is 15.5 Å². The second kappa shape index (κ2) is 6.78. The summed E-state index contributed by atoms with van der Waals surface area (Å²) in [5.74, 6) is -1.78. The van der Waals surface area contributed by atoms with Crippen LogP contribution in [0.15, 0.2) is 42.9 Å². The highest BCUT2D eigenvalue weighted by Crippen LogP contribution is 2.14. The number of aryl methyl sites for hydroxylation is 1. The minimum Gasteiger partial charge on any atom is -0.478 e. The van der Waals surface area contributed by atoms with E-state index in [9.17, 15) is 9.59 Å². The van der Waals surface area contributed by atoms with Crippen molar-refractivity contribution in [3.05, 3.63) is 64.7 Å². The van der Waals surface area contributed by atoms with Gasteiger partial charge >= 0.3 is 5.97 Å². The molecule has 0 saturated carbocycles. The maximum Gasteiger partial charge on any atom is 0.339 e. The molecule has 0 saturated heterocycles. The average Bonchev–Trinajstić information content (AvgIpc) is 3.15. The van der Waals surface area contributed by atoms with E-state index in [1.807, 2.05) is 12.1 Å². The summed E-state index contributed by atoms with van der Waals surface area (Å²) in [7, 11) is 1.56. The second-order valence-corrected chi connectivity index (χ2v) is 5.81. The Morgan fingerprint density at radius 1 is 1.24 bits per heavy atom. The molecule has 3 rings (SSSR count). The summed E-state index contributed by atoms with van der Waals surface area (Å²) in [5, 5.41) is 20.3. The number of carbonyl (C=O) groups excluding carboxylic acids is 1. The van der Waals surface area contributed by atoms with Gasteiger partial charge in [0.1, 0.15) is 5.56 Å². The predicted octanol–water partition coefficient (Wildman–Crippen LogP) is 2.27. The zero-order valence-corrected chi connectivity index (χ0v) is 13.9. The van der Waals surface area contributed by atoms with Crippen molar-refractivity contribution < 1.29 is 14.7 Å². The van der Waals surface area contributed by atoms with Crippen LogP contribution in [0.5, 0.6) is 0 Å². The van der Waals surface area contributed by atoms with E-state index in [0.717, 1.165) is 5.56 Å². The van der Waals surface area contributed by atoms with Crippen molar-refractivity contribution in [2.75, 3.05) is 5.32 Å². The molecule has 0 unspecified atom stereocenters. The Hall–Kier alpha value is -3.13. The Morgan fingerprint density at radius 2 is 1.96 bits per heavy atom. The molecule has 0 aliphatic rings. The Labute approximate surface area is 147 Å². The summed E-state index contributed by atoms with van der Waals surface area (Å²) in [6.45, 7) is 0.546. The number of carbonyl (C=O) groups is 2. The fourth-order valence-electron chi connectivity index (χ4n) is 2.31. The van der Waals surface area contributed by atoms with Crippen LogP contribution in [0.2, 0.25) is 5.02 Å². The van der Waals surface area contributed by atoms with Gasteiger partial charge in [-0.15, -0.1) is 0 Å². The molecule has 25 heavy (non-hydrogen) atoms. The molecule has 0 atom stereocenters. The summed E-state index contributed by atoms with van der Waals surface area (Å²) in [6.07, 6.45) is 4.56. The lowest BCUT2D eigenvalue weighted by Crippen LogP contribution is -2.16. The average molecular weight is 360 g/mol. The first-order valence-corrected chi connectivity index (χ1v) is 7.65. The van der Waals surface area contributed by atoms with Gasteiger partial charge in [-0.25, -0.2) is 4.79 Å². The number of amides is 1. The molecule has 8 nitrogen and oxygen atoms in total. The van der Waals surface area contributed by atoms with Crippen LogP contribution in [0.25, 0.3) is 0 Å². The predicted molar refractivity (Wildman–Crippen MR) is 90.9 cm³/mol. The molecule has 3 aromatic rings. The van der Waals surface area contributed by atoms with Crippen molar-refractivity contribution in [1.82, 2.24) is 19.6 Å². The Morgan fingerprint density at radius 3 is 2.56 bits per heavy atom. The van der Waals surface area contributed by atoms with Gasteiger partial charge in [-0.3, -0.25) is 14.2 Å². The molecule has 2 aromatic heterocycles. The molecule has 0 radical (unpaired) electrons. The first-order valence-electron chi connectivity index (χ1n) is 7.27. The number of carboxylic acid groups (broad SMARTS) is 1. The molecular formula is C16H14ClN5O3. The van der Waals surface area contributed by atoms with E-state index < -0.39 is 11.9 Å². The van der Waals surface area contributed by atoms with Crippen molar-refractivity contribution in [1.29, 1.82) is 0 Å². The summed E-state index contributed by atoms with van der Waals surface area (Å²) in [4.78, 5) is 23.4. The lowest BCUT2D eigenvalue weighted by Gasteiger charge is -2.06. The SMILES string of the molecule is Cn1cc(C(=O)O)c(C(=O)Nc2ccc(Cn3cc(Cl)cn3)cc2)n1. The smallest absolute Gasteiger partial charge is 0.339 e. The zero-order valence-electron chi connectivity index (χ0n) is 13.2. The standard InChI is InChI=1S/C16H14ClN5O3/c1-21-9-13(16(24)25)14(20-21)15(23)19-12-4-2-10(3-5-12)7-22-8-11(17)6-18-22/h2-6,8-9H,7H2,1H3,(H,19,23)(H,24,25). The lowest BCUT2D eigenvalue weighted by molar-refractivity contribution is 0.0692. The van der Waals surface area contributed by atoms with Gasteiger partial charge in [0.05, 0.1) is 17.8 Å². The van der Waals surface area contributed by atoms with Crippen molar-refractivity contribution in [2.24, 2.45) is 7.05 Å². The number of hydrogen-bond acceptors (Lipinski definition) is 4. The van der Waals surface area contributed by atoms with Crippen molar-refractivity contribution in [2.45, 2.75) is 6.54 Å². The van der Waals surface area contributed by atoms with Gasteiger partial charge in [-0.2, -0.15) is 10.2 Å². The molecule has 0 aliphatic carbocycles. The molecule has 1 amide bonds. The van der Waals surface area contributed by atoms with E-state index >= 15 is 0 Å². The monoisotopic (exact) mass is 359 g/mol. The van der Waals surface area contributed by atoms with E-state index in [1.54, 1.807) is 36.3 Å². The van der Waals surface area contributed by atoms with Crippen LogP contribution >= 0.6 is 11.6 Å². The van der Waals surface area contributed by atoms with Crippen molar-refractivity contribution >= 4 is 29.2 Å². The lowest BCUT2D eigenvalue weighted by atomic mass is 10.2. The van der Waals surface area contributed by atoms with Gasteiger partial charge in [0.25, 0.3) is 5.91 Å². The number of benzene rings is 1. The third-order valence-electron chi connectivity index (χ3n) is 3.43. The van der Waals surface area contributed by atoms with Crippen LogP contribution in [0.1, 0.15) is 26.4 Å². The maximum absolute atomic E-state index is 12.3. The van der Waals surface area contributed by atoms with Gasteiger partial charge in [0, 0.05) is 25.1 Å². The molecule has 2 heterocycles. The van der Waals surface area contributed by atoms with Gasteiger partial charge in [-0.1, -0.05) is 23.7 Å². The van der Waals surface area contributed by atoms with Gasteiger partial charge in [0.2, 0.25) is 0 Å². The number of nitrogens with one attached hydrogen (secondary N) is 1. The third-order valence-corrected chi connectivity index (χ3v) is 3.63. The first kappa shape index (κ1) is 16.7. The van der Waals surface area contributed by atoms with Crippen LogP contribution in [-0.2, 0) is 13.6 Å². The number of carboxylic acids is 1. The van der Waals surface area contributed by atoms with Crippen LogP contribution in [-0.4, -0.2) is 36.5 Å². The highest BCUT2D eigenvalue weighted by molar-refractivity contribution is 6.30. The Kier molecular flexibility index (Phi) is 4.53. The molecule has 0 aliphatic heterocycles. The maximum atomic E-state index is 12.3. The number of hydrogen-bond donors (Lipinski definition) is 2. The largest absolute Gasteiger partial charge is 0.478 e. The van der Waals surface area contributed by atoms with Crippen molar-refractivity contribution in [3.8, 4) is 0 Å². The van der Waals surface area contributed by atoms with Crippen LogP contribution in [0.3, 0.4) is 0 Å². The highest BCUT2D eigenvalue weighted by atomic mass is 35.5. The van der Waals surface area contributed by atoms with E-state index in [1.165, 1.54) is 10.9 Å². The minimum absolute atomic E-state index is 0.134. The topological polar surface area (TPSA) is 102 Å². The number of rotatable bonds is 5. The normalized spacial score (nSPS) is 10.6. The molecule has 1 aromatic carbocycles. The summed E-state index contributed by atoms with van der Waals surface area (Å²) in [5.41, 5.74) is 1.23. The fraction of sp³-hybridized carbons (Fsp3) is 0.125. The third kappa shape index (κ3) is 3.86. The Bertz CT molecular complexity index is 930. The van der Waals surface area contributed by atoms with E-state index in [0.29, 0.717) is 17.3 Å². The molecule has 0 spiro atoms.